The number of rotatable bonds is 6. The third-order valence-corrected chi connectivity index (χ3v) is 6.44. The van der Waals surface area contributed by atoms with Gasteiger partial charge in [-0.2, -0.15) is 8.78 Å². The fraction of sp³-hybridized carbons (Fsp3) is 0.556. The second kappa shape index (κ2) is 8.77. The summed E-state index contributed by atoms with van der Waals surface area (Å²) in [5, 5.41) is 2.87. The van der Waals surface area contributed by atoms with Crippen LogP contribution in [0.1, 0.15) is 43.5 Å². The molecule has 0 radical (unpaired) electrons. The molecule has 150 valence electrons. The molecule has 0 bridgehead atoms. The van der Waals surface area contributed by atoms with E-state index in [0.29, 0.717) is 11.8 Å². The van der Waals surface area contributed by atoms with Crippen LogP contribution in [0.25, 0.3) is 0 Å². The first-order valence-electron chi connectivity index (χ1n) is 8.71. The summed E-state index contributed by atoms with van der Waals surface area (Å²) >= 11 is 0. The third kappa shape index (κ3) is 5.24. The van der Waals surface area contributed by atoms with Crippen molar-refractivity contribution < 1.29 is 31.5 Å². The van der Waals surface area contributed by atoms with Crippen molar-refractivity contribution in [1.82, 2.24) is 5.32 Å². The standard InChI is InChI=1S/C18H23F2NO5S/c1-11-4-3-5-15(12(11)2)21-16(22)10-26-17(23)13-6-8-14(9-7-13)27(24,25)18(19)20/h6-9,11-12,15,18H,3-5,10H2,1-2H3,(H,21,22)/t11-,12+,15-/m1/s1. The lowest BCUT2D eigenvalue weighted by atomic mass is 9.78. The van der Waals surface area contributed by atoms with Crippen LogP contribution in [0.15, 0.2) is 29.2 Å². The lowest BCUT2D eigenvalue weighted by Crippen LogP contribution is -2.45. The fourth-order valence-corrected chi connectivity index (χ4v) is 3.85. The Morgan fingerprint density at radius 1 is 1.19 bits per heavy atom. The molecule has 3 atom stereocenters. The third-order valence-electron chi connectivity index (χ3n) is 5.04. The highest BCUT2D eigenvalue weighted by Crippen LogP contribution is 2.29. The van der Waals surface area contributed by atoms with Crippen LogP contribution in [0.3, 0.4) is 0 Å². The van der Waals surface area contributed by atoms with E-state index in [1.54, 1.807) is 0 Å². The van der Waals surface area contributed by atoms with Gasteiger partial charge in [0.15, 0.2) is 6.61 Å². The maximum Gasteiger partial charge on any atom is 0.341 e. The highest BCUT2D eigenvalue weighted by molar-refractivity contribution is 7.91. The Bertz CT molecular complexity index is 779. The molecular weight excluding hydrogens is 380 g/mol. The van der Waals surface area contributed by atoms with E-state index in [9.17, 15) is 26.8 Å². The topological polar surface area (TPSA) is 89.5 Å². The first-order chi connectivity index (χ1) is 12.6. The van der Waals surface area contributed by atoms with Crippen molar-refractivity contribution >= 4 is 21.7 Å². The summed E-state index contributed by atoms with van der Waals surface area (Å²) in [5.74, 6) is -3.94. The zero-order chi connectivity index (χ0) is 20.2. The largest absolute Gasteiger partial charge is 0.452 e. The van der Waals surface area contributed by atoms with E-state index in [4.69, 9.17) is 4.74 Å². The average Bonchev–Trinajstić information content (AvgIpc) is 2.63. The summed E-state index contributed by atoms with van der Waals surface area (Å²) in [4.78, 5) is 23.4. The molecule has 0 spiro atoms. The molecule has 0 aliphatic heterocycles. The monoisotopic (exact) mass is 403 g/mol. The molecule has 0 unspecified atom stereocenters. The molecule has 1 fully saturated rings. The van der Waals surface area contributed by atoms with E-state index in [0.717, 1.165) is 43.5 Å². The van der Waals surface area contributed by atoms with Crippen LogP contribution < -0.4 is 5.32 Å². The quantitative estimate of drug-likeness (QED) is 0.738. The van der Waals surface area contributed by atoms with Crippen molar-refractivity contribution in [2.45, 2.75) is 49.8 Å². The molecule has 1 amide bonds. The van der Waals surface area contributed by atoms with Crippen molar-refractivity contribution in [3.63, 3.8) is 0 Å². The molecule has 0 aromatic heterocycles. The molecule has 1 aromatic carbocycles. The maximum absolute atomic E-state index is 12.5. The van der Waals surface area contributed by atoms with Crippen LogP contribution in [0, 0.1) is 11.8 Å². The van der Waals surface area contributed by atoms with Gasteiger partial charge in [0.05, 0.1) is 10.5 Å². The number of hydrogen-bond acceptors (Lipinski definition) is 5. The van der Waals surface area contributed by atoms with Crippen LogP contribution in [0.5, 0.6) is 0 Å². The second-order valence-corrected chi connectivity index (χ2v) is 8.77. The highest BCUT2D eigenvalue weighted by atomic mass is 32.2. The molecule has 9 heteroatoms. The first-order valence-corrected chi connectivity index (χ1v) is 10.3. The van der Waals surface area contributed by atoms with Crippen LogP contribution in [0.2, 0.25) is 0 Å². The summed E-state index contributed by atoms with van der Waals surface area (Å²) in [6.45, 7) is 3.75. The Kier molecular flexibility index (Phi) is 6.91. The summed E-state index contributed by atoms with van der Waals surface area (Å²) in [7, 11) is -4.72. The summed E-state index contributed by atoms with van der Waals surface area (Å²) in [5.41, 5.74) is -0.0318. The minimum atomic E-state index is -4.72. The minimum Gasteiger partial charge on any atom is -0.452 e. The van der Waals surface area contributed by atoms with Crippen molar-refractivity contribution in [3.05, 3.63) is 29.8 Å². The lowest BCUT2D eigenvalue weighted by Gasteiger charge is -2.34. The lowest BCUT2D eigenvalue weighted by molar-refractivity contribution is -0.125. The van der Waals surface area contributed by atoms with Gasteiger partial charge >= 0.3 is 11.7 Å². The number of carbonyl (C=O) groups is 2. The van der Waals surface area contributed by atoms with Crippen LogP contribution in [0.4, 0.5) is 8.78 Å². The van der Waals surface area contributed by atoms with Crippen molar-refractivity contribution in [2.24, 2.45) is 11.8 Å². The van der Waals surface area contributed by atoms with E-state index in [2.05, 4.69) is 19.2 Å². The Balaban J connectivity index is 1.89. The molecule has 6 nitrogen and oxygen atoms in total. The zero-order valence-electron chi connectivity index (χ0n) is 15.2. The van der Waals surface area contributed by atoms with E-state index in [1.165, 1.54) is 0 Å². The van der Waals surface area contributed by atoms with Gasteiger partial charge in [-0.25, -0.2) is 13.2 Å². The van der Waals surface area contributed by atoms with Gasteiger partial charge in [-0.05, 0) is 42.5 Å². The Labute approximate surface area is 157 Å². The normalized spacial score (nSPS) is 23.1. The summed E-state index contributed by atoms with van der Waals surface area (Å²) in [6, 6.07) is 3.99. The molecule has 2 rings (SSSR count). The van der Waals surface area contributed by atoms with Gasteiger partial charge in [0.25, 0.3) is 5.91 Å². The number of carbonyl (C=O) groups excluding carboxylic acids is 2. The molecule has 1 aliphatic rings. The van der Waals surface area contributed by atoms with Gasteiger partial charge < -0.3 is 10.1 Å². The molecule has 1 N–H and O–H groups in total. The SMILES string of the molecule is C[C@H]1[C@H](C)CCC[C@H]1NC(=O)COC(=O)c1ccc(S(=O)(=O)C(F)F)cc1. The van der Waals surface area contributed by atoms with Gasteiger partial charge in [-0.15, -0.1) is 0 Å². The second-order valence-electron chi connectivity index (χ2n) is 6.85. The average molecular weight is 403 g/mol. The van der Waals surface area contributed by atoms with E-state index >= 15 is 0 Å². The van der Waals surface area contributed by atoms with E-state index in [1.807, 2.05) is 0 Å². The summed E-state index contributed by atoms with van der Waals surface area (Å²) < 4.78 is 52.6. The van der Waals surface area contributed by atoms with Crippen molar-refractivity contribution in [1.29, 1.82) is 0 Å². The van der Waals surface area contributed by atoms with Gasteiger partial charge in [-0.1, -0.05) is 26.7 Å². The molecule has 1 aliphatic carbocycles. The zero-order valence-corrected chi connectivity index (χ0v) is 16.0. The smallest absolute Gasteiger partial charge is 0.341 e. The van der Waals surface area contributed by atoms with Gasteiger partial charge in [0.2, 0.25) is 9.84 Å². The van der Waals surface area contributed by atoms with Crippen LogP contribution >= 0.6 is 0 Å². The number of halogens is 2. The van der Waals surface area contributed by atoms with Crippen molar-refractivity contribution in [3.8, 4) is 0 Å². The number of amides is 1. The predicted molar refractivity (Wildman–Crippen MR) is 94.0 cm³/mol. The van der Waals surface area contributed by atoms with Gasteiger partial charge in [0, 0.05) is 6.04 Å². The van der Waals surface area contributed by atoms with Gasteiger partial charge in [0.1, 0.15) is 0 Å². The Morgan fingerprint density at radius 3 is 2.41 bits per heavy atom. The molecule has 0 saturated heterocycles. The summed E-state index contributed by atoms with van der Waals surface area (Å²) in [6.07, 6.45) is 3.04. The minimum absolute atomic E-state index is 0.0318. The molecule has 1 aromatic rings. The number of hydrogen-bond donors (Lipinski definition) is 1. The number of ether oxygens (including phenoxy) is 1. The molecular formula is C18H23F2NO5S. The van der Waals surface area contributed by atoms with Crippen LogP contribution in [-0.4, -0.2) is 38.7 Å². The number of benzene rings is 1. The Hall–Kier alpha value is -2.03. The Morgan fingerprint density at radius 2 is 1.81 bits per heavy atom. The number of sulfone groups is 1. The predicted octanol–water partition coefficient (Wildman–Crippen LogP) is 2.78. The fourth-order valence-electron chi connectivity index (χ4n) is 3.13. The van der Waals surface area contributed by atoms with Crippen molar-refractivity contribution in [2.75, 3.05) is 6.61 Å². The molecule has 27 heavy (non-hydrogen) atoms. The maximum atomic E-state index is 12.5. The number of alkyl halides is 2. The molecule has 0 heterocycles. The number of esters is 1. The highest BCUT2D eigenvalue weighted by Gasteiger charge is 2.29. The first kappa shape index (κ1) is 21.3. The molecule has 1 saturated carbocycles. The van der Waals surface area contributed by atoms with E-state index in [-0.39, 0.29) is 11.6 Å². The van der Waals surface area contributed by atoms with E-state index < -0.39 is 39.0 Å². The van der Waals surface area contributed by atoms with Crippen LogP contribution in [-0.2, 0) is 19.4 Å². The van der Waals surface area contributed by atoms with Gasteiger partial charge in [-0.3, -0.25) is 4.79 Å². The number of nitrogens with one attached hydrogen (secondary N) is 1.